The Morgan fingerprint density at radius 1 is 0.943 bits per heavy atom. The Balaban J connectivity index is 1.41. The van der Waals surface area contributed by atoms with Crippen LogP contribution in [0.1, 0.15) is 35.6 Å². The minimum absolute atomic E-state index is 0.0529. The van der Waals surface area contributed by atoms with E-state index in [1.807, 2.05) is 72.8 Å². The number of rotatable bonds is 8. The summed E-state index contributed by atoms with van der Waals surface area (Å²) in [7, 11) is 0. The molecule has 1 aliphatic heterocycles. The minimum Gasteiger partial charge on any atom is -0.352 e. The first-order valence-electron chi connectivity index (χ1n) is 11.6. The van der Waals surface area contributed by atoms with Gasteiger partial charge in [0.25, 0.3) is 0 Å². The molecule has 2 atom stereocenters. The smallest absolute Gasteiger partial charge is 0.226 e. The van der Waals surface area contributed by atoms with E-state index in [1.54, 1.807) is 12.4 Å². The molecular weight excluding hydrogens is 456 g/mol. The highest BCUT2D eigenvalue weighted by molar-refractivity contribution is 7.80. The maximum Gasteiger partial charge on any atom is 0.226 e. The number of carbonyl (C=O) groups is 1. The zero-order valence-electron chi connectivity index (χ0n) is 19.1. The number of benzene rings is 1. The molecule has 8 heteroatoms. The van der Waals surface area contributed by atoms with E-state index in [4.69, 9.17) is 12.2 Å². The number of aromatic nitrogens is 3. The highest BCUT2D eigenvalue weighted by atomic mass is 32.1. The molecule has 0 saturated carbocycles. The van der Waals surface area contributed by atoms with Gasteiger partial charge in [0.1, 0.15) is 0 Å². The summed E-state index contributed by atoms with van der Waals surface area (Å²) >= 11 is 5.76. The molecular formula is C27H26N6OS. The lowest BCUT2D eigenvalue weighted by Crippen LogP contribution is -2.33. The van der Waals surface area contributed by atoms with Crippen molar-refractivity contribution in [2.75, 3.05) is 11.9 Å². The molecule has 2 unspecified atom stereocenters. The van der Waals surface area contributed by atoms with Gasteiger partial charge >= 0.3 is 0 Å². The van der Waals surface area contributed by atoms with Gasteiger partial charge in [-0.3, -0.25) is 14.8 Å². The van der Waals surface area contributed by atoms with E-state index >= 15 is 0 Å². The van der Waals surface area contributed by atoms with Crippen molar-refractivity contribution in [3.05, 3.63) is 115 Å². The van der Waals surface area contributed by atoms with Crippen molar-refractivity contribution in [1.82, 2.24) is 24.8 Å². The SMILES string of the molecule is O=C(CCN1C(=S)NC(c2ccccn2)C1c1cccn1Cc1ccccn1)Nc1ccccc1. The topological polar surface area (TPSA) is 75.1 Å². The van der Waals surface area contributed by atoms with E-state index in [0.717, 1.165) is 22.8 Å². The van der Waals surface area contributed by atoms with E-state index in [9.17, 15) is 4.79 Å². The van der Waals surface area contributed by atoms with Gasteiger partial charge in [0.2, 0.25) is 5.91 Å². The Labute approximate surface area is 209 Å². The van der Waals surface area contributed by atoms with Crippen LogP contribution >= 0.6 is 12.2 Å². The van der Waals surface area contributed by atoms with Gasteiger partial charge in [0.05, 0.1) is 30.0 Å². The predicted molar refractivity (Wildman–Crippen MR) is 140 cm³/mol. The van der Waals surface area contributed by atoms with Gasteiger partial charge < -0.3 is 20.1 Å². The van der Waals surface area contributed by atoms with Gasteiger partial charge in [-0.15, -0.1) is 0 Å². The average Bonchev–Trinajstić information content (AvgIpc) is 3.47. The van der Waals surface area contributed by atoms with E-state index in [0.29, 0.717) is 24.6 Å². The zero-order chi connectivity index (χ0) is 24.0. The summed E-state index contributed by atoms with van der Waals surface area (Å²) in [6, 6.07) is 25.2. The van der Waals surface area contributed by atoms with Gasteiger partial charge in [-0.2, -0.15) is 0 Å². The van der Waals surface area contributed by atoms with Crippen LogP contribution in [-0.4, -0.2) is 37.0 Å². The first kappa shape index (κ1) is 22.7. The number of thiocarbonyl (C=S) groups is 1. The fraction of sp³-hybridized carbons (Fsp3) is 0.185. The van der Waals surface area contributed by atoms with Crippen LogP contribution in [0.15, 0.2) is 97.5 Å². The number of carbonyl (C=O) groups excluding carboxylic acids is 1. The first-order valence-corrected chi connectivity index (χ1v) is 12.0. The van der Waals surface area contributed by atoms with Gasteiger partial charge in [-0.1, -0.05) is 30.3 Å². The molecule has 4 heterocycles. The molecule has 0 spiro atoms. The van der Waals surface area contributed by atoms with E-state index in [1.165, 1.54) is 0 Å². The highest BCUT2D eigenvalue weighted by Gasteiger charge is 2.41. The summed E-state index contributed by atoms with van der Waals surface area (Å²) in [5.41, 5.74) is 3.75. The molecule has 176 valence electrons. The largest absolute Gasteiger partial charge is 0.352 e. The van der Waals surface area contributed by atoms with E-state index in [-0.39, 0.29) is 18.0 Å². The van der Waals surface area contributed by atoms with Crippen LogP contribution in [-0.2, 0) is 11.3 Å². The van der Waals surface area contributed by atoms with E-state index < -0.39 is 0 Å². The molecule has 3 aromatic heterocycles. The lowest BCUT2D eigenvalue weighted by atomic mass is 10.0. The maximum absolute atomic E-state index is 12.7. The van der Waals surface area contributed by atoms with Crippen molar-refractivity contribution in [3.8, 4) is 0 Å². The molecule has 1 amide bonds. The molecule has 35 heavy (non-hydrogen) atoms. The quantitative estimate of drug-likeness (QED) is 0.364. The van der Waals surface area contributed by atoms with Crippen LogP contribution < -0.4 is 10.6 Å². The first-order chi connectivity index (χ1) is 17.2. The number of anilines is 1. The van der Waals surface area contributed by atoms with Gasteiger partial charge in [-0.25, -0.2) is 0 Å². The lowest BCUT2D eigenvalue weighted by molar-refractivity contribution is -0.116. The molecule has 2 N–H and O–H groups in total. The Bertz CT molecular complexity index is 1280. The number of hydrogen-bond donors (Lipinski definition) is 2. The molecule has 7 nitrogen and oxygen atoms in total. The van der Waals surface area contributed by atoms with Crippen molar-refractivity contribution in [1.29, 1.82) is 0 Å². The van der Waals surface area contributed by atoms with E-state index in [2.05, 4.69) is 42.3 Å². The zero-order valence-corrected chi connectivity index (χ0v) is 19.9. The van der Waals surface area contributed by atoms with Gasteiger partial charge in [0, 0.05) is 42.9 Å². The fourth-order valence-electron chi connectivity index (χ4n) is 4.44. The maximum atomic E-state index is 12.7. The second-order valence-corrected chi connectivity index (χ2v) is 8.75. The molecule has 0 radical (unpaired) electrons. The summed E-state index contributed by atoms with van der Waals surface area (Å²) in [5, 5.41) is 7.03. The highest BCUT2D eigenvalue weighted by Crippen LogP contribution is 2.39. The second-order valence-electron chi connectivity index (χ2n) is 8.37. The van der Waals surface area contributed by atoms with Crippen LogP contribution in [0.25, 0.3) is 0 Å². The van der Waals surface area contributed by atoms with Crippen LogP contribution in [0.2, 0.25) is 0 Å². The number of amides is 1. The van der Waals surface area contributed by atoms with Crippen molar-refractivity contribution < 1.29 is 4.79 Å². The van der Waals surface area contributed by atoms with Crippen molar-refractivity contribution in [2.24, 2.45) is 0 Å². The molecule has 1 aliphatic rings. The van der Waals surface area contributed by atoms with Crippen LogP contribution in [0.3, 0.4) is 0 Å². The Kier molecular flexibility index (Phi) is 6.81. The summed E-state index contributed by atoms with van der Waals surface area (Å²) in [5.74, 6) is -0.0529. The number of para-hydroxylation sites is 1. The monoisotopic (exact) mass is 482 g/mol. The number of nitrogens with one attached hydrogen (secondary N) is 2. The number of hydrogen-bond acceptors (Lipinski definition) is 4. The average molecular weight is 483 g/mol. The van der Waals surface area contributed by atoms with Crippen molar-refractivity contribution in [2.45, 2.75) is 25.0 Å². The third-order valence-corrected chi connectivity index (χ3v) is 6.41. The summed E-state index contributed by atoms with van der Waals surface area (Å²) in [4.78, 5) is 23.9. The summed E-state index contributed by atoms with van der Waals surface area (Å²) < 4.78 is 2.19. The van der Waals surface area contributed by atoms with Gasteiger partial charge in [-0.05, 0) is 60.7 Å². The lowest BCUT2D eigenvalue weighted by Gasteiger charge is -2.28. The van der Waals surface area contributed by atoms with Crippen molar-refractivity contribution >= 4 is 28.9 Å². The van der Waals surface area contributed by atoms with Gasteiger partial charge in [0.15, 0.2) is 5.11 Å². The number of nitrogens with zero attached hydrogens (tertiary/aromatic N) is 4. The standard InChI is InChI=1S/C27H26N6OS/c34-24(30-20-9-2-1-3-10-20)14-18-33-26(25(31-27(33)35)22-12-5-7-16-29-22)23-13-8-17-32(23)19-21-11-4-6-15-28-21/h1-13,15-17,25-26H,14,18-19H2,(H,30,34)(H,31,35). The third kappa shape index (κ3) is 5.22. The fourth-order valence-corrected chi connectivity index (χ4v) is 4.77. The summed E-state index contributed by atoms with van der Waals surface area (Å²) in [6.45, 7) is 1.12. The minimum atomic E-state index is -0.140. The Morgan fingerprint density at radius 3 is 2.46 bits per heavy atom. The van der Waals surface area contributed by atoms with Crippen LogP contribution in [0, 0.1) is 0 Å². The molecule has 0 bridgehead atoms. The molecule has 5 rings (SSSR count). The van der Waals surface area contributed by atoms with Crippen LogP contribution in [0.4, 0.5) is 5.69 Å². The number of pyridine rings is 2. The summed E-state index contributed by atoms with van der Waals surface area (Å²) in [6.07, 6.45) is 5.96. The van der Waals surface area contributed by atoms with Crippen molar-refractivity contribution in [3.63, 3.8) is 0 Å². The second kappa shape index (κ2) is 10.5. The molecule has 1 fully saturated rings. The Hall–Kier alpha value is -4.04. The third-order valence-electron chi connectivity index (χ3n) is 6.06. The molecule has 1 aromatic carbocycles. The normalized spacial score (nSPS) is 17.3. The molecule has 1 saturated heterocycles. The Morgan fingerprint density at radius 2 is 1.71 bits per heavy atom. The predicted octanol–water partition coefficient (Wildman–Crippen LogP) is 4.33. The van der Waals surface area contributed by atoms with Crippen LogP contribution in [0.5, 0.6) is 0 Å². The molecule has 4 aromatic rings. The molecule has 0 aliphatic carbocycles.